The number of hydrogen-bond donors (Lipinski definition) is 3. The number of benzene rings is 1. The molecule has 3 N–H and O–H groups in total. The van der Waals surface area contributed by atoms with Crippen LogP contribution in [0.4, 0.5) is 4.39 Å². The molecule has 154 valence electrons. The van der Waals surface area contributed by atoms with Gasteiger partial charge in [0.2, 0.25) is 0 Å². The highest BCUT2D eigenvalue weighted by atomic mass is 127. The first-order valence-corrected chi connectivity index (χ1v) is 9.80. The predicted molar refractivity (Wildman–Crippen MR) is 120 cm³/mol. The number of nitrogens with one attached hydrogen (secondary N) is 2. The zero-order valence-corrected chi connectivity index (χ0v) is 18.8. The summed E-state index contributed by atoms with van der Waals surface area (Å²) in [4.78, 5) is 6.95. The molecular formula is C20H34FIN4O. The highest BCUT2D eigenvalue weighted by Crippen LogP contribution is 2.17. The number of aliphatic hydroxyl groups is 1. The lowest BCUT2D eigenvalue weighted by atomic mass is 10.0. The number of rotatable bonds is 8. The van der Waals surface area contributed by atoms with Crippen molar-refractivity contribution in [3.8, 4) is 0 Å². The maximum absolute atomic E-state index is 13.7. The van der Waals surface area contributed by atoms with Crippen molar-refractivity contribution in [2.24, 2.45) is 4.99 Å². The van der Waals surface area contributed by atoms with Crippen molar-refractivity contribution in [3.05, 3.63) is 35.6 Å². The van der Waals surface area contributed by atoms with Crippen molar-refractivity contribution in [2.75, 3.05) is 32.7 Å². The van der Waals surface area contributed by atoms with Gasteiger partial charge in [-0.3, -0.25) is 4.99 Å². The summed E-state index contributed by atoms with van der Waals surface area (Å²) in [6.07, 6.45) is 4.05. The number of nitrogens with zero attached hydrogens (tertiary/aromatic N) is 2. The van der Waals surface area contributed by atoms with Crippen LogP contribution in [0, 0.1) is 5.82 Å². The third kappa shape index (κ3) is 8.31. The van der Waals surface area contributed by atoms with Crippen molar-refractivity contribution in [1.29, 1.82) is 0 Å². The second-order valence-corrected chi connectivity index (χ2v) is 6.92. The number of likely N-dealkylation sites (tertiary alicyclic amines) is 1. The van der Waals surface area contributed by atoms with Crippen LogP contribution in [0.15, 0.2) is 29.3 Å². The topological polar surface area (TPSA) is 59.9 Å². The molecule has 0 saturated carbocycles. The fraction of sp³-hybridized carbons (Fsp3) is 0.650. The van der Waals surface area contributed by atoms with Crippen LogP contribution < -0.4 is 10.6 Å². The number of halogens is 2. The van der Waals surface area contributed by atoms with Crippen LogP contribution in [-0.2, 0) is 0 Å². The van der Waals surface area contributed by atoms with Crippen molar-refractivity contribution in [1.82, 2.24) is 15.5 Å². The van der Waals surface area contributed by atoms with Crippen LogP contribution in [0.2, 0.25) is 0 Å². The molecule has 1 aliphatic rings. The lowest BCUT2D eigenvalue weighted by molar-refractivity contribution is 0.159. The number of guanidine groups is 1. The van der Waals surface area contributed by atoms with Gasteiger partial charge in [0, 0.05) is 31.2 Å². The molecule has 0 radical (unpaired) electrons. The first-order chi connectivity index (χ1) is 12.6. The molecule has 2 atom stereocenters. The Morgan fingerprint density at radius 3 is 2.81 bits per heavy atom. The first-order valence-electron chi connectivity index (χ1n) is 9.80. The van der Waals surface area contributed by atoms with Crippen molar-refractivity contribution in [3.63, 3.8) is 0 Å². The average Bonchev–Trinajstić information content (AvgIpc) is 2.64. The summed E-state index contributed by atoms with van der Waals surface area (Å²) in [5, 5.41) is 16.7. The number of aliphatic imine (C=N–C) groups is 1. The second-order valence-electron chi connectivity index (χ2n) is 6.92. The molecule has 2 unspecified atom stereocenters. The van der Waals surface area contributed by atoms with Gasteiger partial charge in [0.05, 0.1) is 6.54 Å². The van der Waals surface area contributed by atoms with Gasteiger partial charge in [-0.15, -0.1) is 24.0 Å². The number of aliphatic hydroxyl groups excluding tert-OH is 1. The highest BCUT2D eigenvalue weighted by molar-refractivity contribution is 14.0. The Labute approximate surface area is 179 Å². The Bertz CT molecular complexity index is 573. The van der Waals surface area contributed by atoms with Crippen LogP contribution in [-0.4, -0.2) is 54.7 Å². The summed E-state index contributed by atoms with van der Waals surface area (Å²) in [6.45, 7) is 8.28. The van der Waals surface area contributed by atoms with Gasteiger partial charge in [-0.05, 0) is 45.7 Å². The molecule has 1 aromatic carbocycles. The van der Waals surface area contributed by atoms with Crippen LogP contribution in [0.1, 0.15) is 51.2 Å². The van der Waals surface area contributed by atoms with E-state index < -0.39 is 11.9 Å². The second kappa shape index (κ2) is 13.3. The van der Waals surface area contributed by atoms with E-state index in [1.54, 1.807) is 18.2 Å². The van der Waals surface area contributed by atoms with E-state index in [9.17, 15) is 9.50 Å². The summed E-state index contributed by atoms with van der Waals surface area (Å²) in [6, 6.07) is 6.96. The van der Waals surface area contributed by atoms with Gasteiger partial charge in [-0.1, -0.05) is 24.6 Å². The number of hydrogen-bond acceptors (Lipinski definition) is 3. The normalized spacial score (nSPS) is 19.3. The summed E-state index contributed by atoms with van der Waals surface area (Å²) in [5.74, 6) is 0.262. The fourth-order valence-corrected chi connectivity index (χ4v) is 3.34. The maximum Gasteiger partial charge on any atom is 0.191 e. The molecule has 1 saturated heterocycles. The molecule has 27 heavy (non-hydrogen) atoms. The average molecular weight is 492 g/mol. The van der Waals surface area contributed by atoms with Gasteiger partial charge in [0.15, 0.2) is 5.96 Å². The Morgan fingerprint density at radius 1 is 1.33 bits per heavy atom. The standard InChI is InChI=1S/C20H33FN4O.HI/c1-3-22-20(23-12-8-14-25-13-7-6-9-16(25)2)24-15-19(26)17-10-4-5-11-18(17)21;/h4-5,10-11,16,19,26H,3,6-9,12-15H2,1-2H3,(H2,22,23,24);1H. The Kier molecular flexibility index (Phi) is 11.9. The van der Waals surface area contributed by atoms with E-state index in [2.05, 4.69) is 27.4 Å². The molecule has 1 aliphatic heterocycles. The van der Waals surface area contributed by atoms with Crippen LogP contribution >= 0.6 is 24.0 Å². The minimum absolute atomic E-state index is 0. The molecule has 1 fully saturated rings. The molecule has 0 amide bonds. The van der Waals surface area contributed by atoms with E-state index in [0.29, 0.717) is 12.0 Å². The molecule has 0 bridgehead atoms. The van der Waals surface area contributed by atoms with E-state index in [-0.39, 0.29) is 36.1 Å². The summed E-state index contributed by atoms with van der Waals surface area (Å²) >= 11 is 0. The van der Waals surface area contributed by atoms with Crippen molar-refractivity contribution < 1.29 is 9.50 Å². The fourth-order valence-electron chi connectivity index (χ4n) is 3.34. The monoisotopic (exact) mass is 492 g/mol. The van der Waals surface area contributed by atoms with Crippen molar-refractivity contribution in [2.45, 2.75) is 51.7 Å². The highest BCUT2D eigenvalue weighted by Gasteiger charge is 2.17. The molecule has 1 heterocycles. The van der Waals surface area contributed by atoms with E-state index in [1.165, 1.54) is 31.9 Å². The van der Waals surface area contributed by atoms with Gasteiger partial charge >= 0.3 is 0 Å². The van der Waals surface area contributed by atoms with Crippen LogP contribution in [0.25, 0.3) is 0 Å². The SMILES string of the molecule is CCNC(=NCC(O)c1ccccc1F)NCCCN1CCCCC1C.I. The first kappa shape index (κ1) is 24.1. The van der Waals surface area contributed by atoms with Gasteiger partial charge < -0.3 is 20.6 Å². The van der Waals surface area contributed by atoms with Gasteiger partial charge in [0.1, 0.15) is 11.9 Å². The molecular weight excluding hydrogens is 458 g/mol. The van der Waals surface area contributed by atoms with Gasteiger partial charge in [-0.2, -0.15) is 0 Å². The summed E-state index contributed by atoms with van der Waals surface area (Å²) in [5.41, 5.74) is 0.284. The van der Waals surface area contributed by atoms with Gasteiger partial charge in [0.25, 0.3) is 0 Å². The molecule has 0 aliphatic carbocycles. The third-order valence-electron chi connectivity index (χ3n) is 4.89. The van der Waals surface area contributed by atoms with E-state index >= 15 is 0 Å². The Balaban J connectivity index is 0.00000364. The largest absolute Gasteiger partial charge is 0.386 e. The molecule has 1 aromatic rings. The zero-order chi connectivity index (χ0) is 18.8. The van der Waals surface area contributed by atoms with E-state index in [1.807, 2.05) is 6.92 Å². The Morgan fingerprint density at radius 2 is 2.11 bits per heavy atom. The zero-order valence-electron chi connectivity index (χ0n) is 16.5. The molecule has 7 heteroatoms. The quantitative estimate of drug-likeness (QED) is 0.226. The van der Waals surface area contributed by atoms with E-state index in [4.69, 9.17) is 0 Å². The third-order valence-corrected chi connectivity index (χ3v) is 4.89. The molecule has 5 nitrogen and oxygen atoms in total. The van der Waals surface area contributed by atoms with Crippen LogP contribution in [0.5, 0.6) is 0 Å². The predicted octanol–water partition coefficient (Wildman–Crippen LogP) is 3.30. The lowest BCUT2D eigenvalue weighted by Crippen LogP contribution is -2.41. The summed E-state index contributed by atoms with van der Waals surface area (Å²) < 4.78 is 13.7. The lowest BCUT2D eigenvalue weighted by Gasteiger charge is -2.33. The molecule has 2 rings (SSSR count). The van der Waals surface area contributed by atoms with Crippen molar-refractivity contribution >= 4 is 29.9 Å². The minimum Gasteiger partial charge on any atom is -0.386 e. The van der Waals surface area contributed by atoms with Gasteiger partial charge in [-0.25, -0.2) is 4.39 Å². The molecule has 0 spiro atoms. The summed E-state index contributed by atoms with van der Waals surface area (Å²) in [7, 11) is 0. The smallest absolute Gasteiger partial charge is 0.191 e. The van der Waals surface area contributed by atoms with Crippen LogP contribution in [0.3, 0.4) is 0 Å². The maximum atomic E-state index is 13.7. The molecule has 0 aromatic heterocycles. The number of piperidine rings is 1. The Hall–Kier alpha value is -0.930. The van der Waals surface area contributed by atoms with E-state index in [0.717, 1.165) is 26.1 Å². The minimum atomic E-state index is -0.944.